The molecule has 96 valence electrons. The molecule has 5 heteroatoms. The van der Waals surface area contributed by atoms with Crippen molar-refractivity contribution >= 4 is 29.9 Å². The van der Waals surface area contributed by atoms with Crippen LogP contribution in [0, 0.1) is 5.82 Å². The molecule has 0 aliphatic carbocycles. The minimum atomic E-state index is -0.205. The zero-order valence-corrected chi connectivity index (χ0v) is 13.0. The number of hydrogen-bond donors (Lipinski definition) is 0. The van der Waals surface area contributed by atoms with Crippen LogP contribution >= 0.6 is 24.0 Å². The van der Waals surface area contributed by atoms with E-state index in [0.29, 0.717) is 12.1 Å². The second kappa shape index (κ2) is 7.47. The van der Waals surface area contributed by atoms with Gasteiger partial charge in [0.25, 0.3) is 0 Å². The smallest absolute Gasteiger partial charge is 0.195 e. The molecule has 3 nitrogen and oxygen atoms in total. The molecule has 1 rings (SSSR count). The third kappa shape index (κ3) is 4.89. The molecule has 0 bridgehead atoms. The van der Waals surface area contributed by atoms with Crippen molar-refractivity contribution in [3.8, 4) is 0 Å². The van der Waals surface area contributed by atoms with Gasteiger partial charge in [-0.1, -0.05) is 18.2 Å². The highest BCUT2D eigenvalue weighted by atomic mass is 127. The summed E-state index contributed by atoms with van der Waals surface area (Å²) in [6.45, 7) is 0.359. The van der Waals surface area contributed by atoms with Crippen LogP contribution in [-0.4, -0.2) is 44.0 Å². The lowest BCUT2D eigenvalue weighted by Crippen LogP contribution is -2.35. The fourth-order valence-electron chi connectivity index (χ4n) is 1.47. The van der Waals surface area contributed by atoms with Crippen LogP contribution in [0.2, 0.25) is 0 Å². The lowest BCUT2D eigenvalue weighted by molar-refractivity contribution is 0.478. The monoisotopic (exact) mass is 351 g/mol. The van der Waals surface area contributed by atoms with Crippen LogP contribution in [0.3, 0.4) is 0 Å². The van der Waals surface area contributed by atoms with E-state index < -0.39 is 0 Å². The molecule has 0 aliphatic rings. The first kappa shape index (κ1) is 16.1. The molecule has 0 N–H and O–H groups in total. The summed E-state index contributed by atoms with van der Waals surface area (Å²) < 4.78 is 13.3. The van der Waals surface area contributed by atoms with Gasteiger partial charge in [0.2, 0.25) is 0 Å². The molecule has 1 aromatic rings. The van der Waals surface area contributed by atoms with Gasteiger partial charge >= 0.3 is 0 Å². The van der Waals surface area contributed by atoms with Crippen molar-refractivity contribution in [2.75, 3.05) is 28.2 Å². The van der Waals surface area contributed by atoms with Crippen LogP contribution in [0.1, 0.15) is 5.56 Å². The largest absolute Gasteiger partial charge is 0.349 e. The Hall–Kier alpha value is -0.850. The average molecular weight is 351 g/mol. The molecular formula is C12H19FIN3. The number of benzene rings is 1. The third-order valence-electron chi connectivity index (χ3n) is 2.15. The fourth-order valence-corrected chi connectivity index (χ4v) is 1.47. The Labute approximate surface area is 119 Å². The highest BCUT2D eigenvalue weighted by molar-refractivity contribution is 14.0. The quantitative estimate of drug-likeness (QED) is 0.463. The fraction of sp³-hybridized carbons (Fsp3) is 0.417. The lowest BCUT2D eigenvalue weighted by atomic mass is 10.2. The summed E-state index contributed by atoms with van der Waals surface area (Å²) in [5.74, 6) is 0.617. The Morgan fingerprint density at radius 2 is 1.65 bits per heavy atom. The molecule has 0 aliphatic heterocycles. The maximum atomic E-state index is 13.3. The summed E-state index contributed by atoms with van der Waals surface area (Å²) in [5.41, 5.74) is 0.615. The SMILES string of the molecule is CN(C)C(=NCc1ccccc1F)N(C)C.I. The van der Waals surface area contributed by atoms with Gasteiger partial charge in [0, 0.05) is 33.8 Å². The van der Waals surface area contributed by atoms with Gasteiger partial charge in [0.05, 0.1) is 6.54 Å². The van der Waals surface area contributed by atoms with Gasteiger partial charge in [0.1, 0.15) is 5.82 Å². The molecule has 0 unspecified atom stereocenters. The van der Waals surface area contributed by atoms with E-state index in [1.807, 2.05) is 44.1 Å². The van der Waals surface area contributed by atoms with Crippen molar-refractivity contribution in [3.05, 3.63) is 35.6 Å². The summed E-state index contributed by atoms with van der Waals surface area (Å²) in [6.07, 6.45) is 0. The van der Waals surface area contributed by atoms with Gasteiger partial charge in [-0.15, -0.1) is 24.0 Å². The first-order valence-corrected chi connectivity index (χ1v) is 5.15. The van der Waals surface area contributed by atoms with E-state index in [-0.39, 0.29) is 29.8 Å². The van der Waals surface area contributed by atoms with E-state index >= 15 is 0 Å². The van der Waals surface area contributed by atoms with E-state index in [2.05, 4.69) is 4.99 Å². The topological polar surface area (TPSA) is 18.8 Å². The zero-order chi connectivity index (χ0) is 12.1. The molecule has 1 aromatic carbocycles. The molecular weight excluding hydrogens is 332 g/mol. The van der Waals surface area contributed by atoms with Crippen LogP contribution in [0.4, 0.5) is 4.39 Å². The Kier molecular flexibility index (Phi) is 7.10. The van der Waals surface area contributed by atoms with Crippen molar-refractivity contribution < 1.29 is 4.39 Å². The third-order valence-corrected chi connectivity index (χ3v) is 2.15. The van der Waals surface area contributed by atoms with Crippen LogP contribution in [0.5, 0.6) is 0 Å². The highest BCUT2D eigenvalue weighted by Gasteiger charge is 2.05. The van der Waals surface area contributed by atoms with Gasteiger partial charge in [-0.25, -0.2) is 9.38 Å². The summed E-state index contributed by atoms with van der Waals surface area (Å²) in [5, 5.41) is 0. The second-order valence-corrected chi connectivity index (χ2v) is 4.00. The van der Waals surface area contributed by atoms with Crippen molar-refractivity contribution in [1.82, 2.24) is 9.80 Å². The van der Waals surface area contributed by atoms with Crippen LogP contribution in [-0.2, 0) is 6.54 Å². The van der Waals surface area contributed by atoms with Gasteiger partial charge < -0.3 is 9.80 Å². The summed E-state index contributed by atoms with van der Waals surface area (Å²) in [6, 6.07) is 6.71. The number of rotatable bonds is 2. The Bertz CT molecular complexity index is 368. The number of guanidine groups is 1. The van der Waals surface area contributed by atoms with Crippen LogP contribution in [0.25, 0.3) is 0 Å². The Morgan fingerprint density at radius 1 is 1.12 bits per heavy atom. The van der Waals surface area contributed by atoms with E-state index in [4.69, 9.17) is 0 Å². The molecule has 0 radical (unpaired) electrons. The van der Waals surface area contributed by atoms with Crippen molar-refractivity contribution in [2.45, 2.75) is 6.54 Å². The van der Waals surface area contributed by atoms with E-state index in [0.717, 1.165) is 5.96 Å². The summed E-state index contributed by atoms with van der Waals surface area (Å²) >= 11 is 0. The van der Waals surface area contributed by atoms with Gasteiger partial charge in [-0.05, 0) is 6.07 Å². The first-order chi connectivity index (χ1) is 7.52. The first-order valence-electron chi connectivity index (χ1n) is 5.15. The number of halogens is 2. The molecule has 0 saturated carbocycles. The summed E-state index contributed by atoms with van der Waals surface area (Å²) in [4.78, 5) is 8.19. The molecule has 0 saturated heterocycles. The van der Waals surface area contributed by atoms with Gasteiger partial charge in [-0.2, -0.15) is 0 Å². The number of nitrogens with zero attached hydrogens (tertiary/aromatic N) is 3. The minimum Gasteiger partial charge on any atom is -0.349 e. The second-order valence-electron chi connectivity index (χ2n) is 4.00. The van der Waals surface area contributed by atoms with Gasteiger partial charge in [0.15, 0.2) is 5.96 Å². The standard InChI is InChI=1S/C12H18FN3.HI/c1-15(2)12(16(3)4)14-9-10-7-5-6-8-11(10)13;/h5-8H,9H2,1-4H3;1H. The number of aliphatic imine (C=N–C) groups is 1. The number of hydrogen-bond acceptors (Lipinski definition) is 1. The Balaban J connectivity index is 0.00000256. The maximum Gasteiger partial charge on any atom is 0.195 e. The molecule has 0 aromatic heterocycles. The van der Waals surface area contributed by atoms with Crippen molar-refractivity contribution in [1.29, 1.82) is 0 Å². The van der Waals surface area contributed by atoms with Crippen molar-refractivity contribution in [2.24, 2.45) is 4.99 Å². The molecule has 0 spiro atoms. The lowest BCUT2D eigenvalue weighted by Gasteiger charge is -2.22. The van der Waals surface area contributed by atoms with Crippen LogP contribution < -0.4 is 0 Å². The highest BCUT2D eigenvalue weighted by Crippen LogP contribution is 2.08. The Morgan fingerprint density at radius 3 is 2.12 bits per heavy atom. The van der Waals surface area contributed by atoms with Crippen molar-refractivity contribution in [3.63, 3.8) is 0 Å². The molecule has 0 atom stereocenters. The summed E-state index contributed by atoms with van der Waals surface area (Å²) in [7, 11) is 7.67. The van der Waals surface area contributed by atoms with Gasteiger partial charge in [-0.3, -0.25) is 0 Å². The van der Waals surface area contributed by atoms with E-state index in [1.165, 1.54) is 6.07 Å². The van der Waals surface area contributed by atoms with Crippen LogP contribution in [0.15, 0.2) is 29.3 Å². The molecule has 0 heterocycles. The zero-order valence-electron chi connectivity index (χ0n) is 10.6. The molecule has 0 fully saturated rings. The average Bonchev–Trinajstić information content (AvgIpc) is 2.20. The molecule has 17 heavy (non-hydrogen) atoms. The maximum absolute atomic E-state index is 13.3. The minimum absolute atomic E-state index is 0. The van der Waals surface area contributed by atoms with E-state index in [1.54, 1.807) is 12.1 Å². The predicted octanol–water partition coefficient (Wildman–Crippen LogP) is 2.42. The molecule has 0 amide bonds. The van der Waals surface area contributed by atoms with E-state index in [9.17, 15) is 4.39 Å². The predicted molar refractivity (Wildman–Crippen MR) is 80.3 cm³/mol. The normalized spacial score (nSPS) is 9.24.